The molecule has 0 atom stereocenters. The quantitative estimate of drug-likeness (QED) is 0.458. The summed E-state index contributed by atoms with van der Waals surface area (Å²) >= 11 is 0. The molecule has 0 spiro atoms. The molecule has 0 aliphatic rings. The maximum atomic E-state index is 10.6. The van der Waals surface area contributed by atoms with Crippen LogP contribution >= 0.6 is 0 Å². The molecule has 0 fully saturated rings. The van der Waals surface area contributed by atoms with Crippen LogP contribution in [0.2, 0.25) is 0 Å². The second kappa shape index (κ2) is 5.16. The molecule has 0 aromatic rings. The first-order valence-electron chi connectivity index (χ1n) is 3.38. The van der Waals surface area contributed by atoms with Gasteiger partial charge in [-0.2, -0.15) is 0 Å². The highest BCUT2D eigenvalue weighted by Crippen LogP contribution is 1.86. The topological polar surface area (TPSA) is 46.2 Å². The van der Waals surface area contributed by atoms with Crippen molar-refractivity contribution >= 4 is 9.84 Å². The number of hydrogen-bond acceptors (Lipinski definition) is 3. The Morgan fingerprint density at radius 3 is 2.64 bits per heavy atom. The van der Waals surface area contributed by atoms with E-state index in [1.165, 1.54) is 6.26 Å². The zero-order chi connectivity index (χ0) is 8.74. The van der Waals surface area contributed by atoms with Crippen LogP contribution in [0.15, 0.2) is 0 Å². The summed E-state index contributed by atoms with van der Waals surface area (Å²) < 4.78 is 21.2. The average Bonchev–Trinajstić information content (AvgIpc) is 1.85. The van der Waals surface area contributed by atoms with E-state index in [-0.39, 0.29) is 5.75 Å². The van der Waals surface area contributed by atoms with Crippen LogP contribution in [0.3, 0.4) is 0 Å². The molecule has 0 aromatic carbocycles. The van der Waals surface area contributed by atoms with Gasteiger partial charge in [0, 0.05) is 6.26 Å². The molecule has 1 N–H and O–H groups in total. The first kappa shape index (κ1) is 10.5. The Hall–Kier alpha value is -0.530. The van der Waals surface area contributed by atoms with Gasteiger partial charge >= 0.3 is 0 Å². The molecule has 4 heteroatoms. The molecule has 3 nitrogen and oxygen atoms in total. The fourth-order valence-corrected chi connectivity index (χ4v) is 1.29. The lowest BCUT2D eigenvalue weighted by Gasteiger charge is -1.98. The highest BCUT2D eigenvalue weighted by atomic mass is 32.2. The number of rotatable bonds is 5. The van der Waals surface area contributed by atoms with Crippen molar-refractivity contribution in [2.75, 3.05) is 25.1 Å². The van der Waals surface area contributed by atoms with E-state index in [0.29, 0.717) is 19.5 Å². The fraction of sp³-hybridized carbons (Fsp3) is 0.714. The molecule has 0 aliphatic carbocycles. The van der Waals surface area contributed by atoms with Crippen molar-refractivity contribution in [3.63, 3.8) is 0 Å². The Morgan fingerprint density at radius 2 is 2.18 bits per heavy atom. The summed E-state index contributed by atoms with van der Waals surface area (Å²) in [7, 11) is -2.80. The van der Waals surface area contributed by atoms with E-state index in [0.717, 1.165) is 0 Å². The predicted molar refractivity (Wildman–Crippen MR) is 46.0 cm³/mol. The van der Waals surface area contributed by atoms with Crippen LogP contribution in [0.4, 0.5) is 0 Å². The molecule has 0 radical (unpaired) electrons. The van der Waals surface area contributed by atoms with E-state index in [1.54, 1.807) is 0 Å². The maximum absolute atomic E-state index is 10.6. The summed E-state index contributed by atoms with van der Waals surface area (Å²) in [4.78, 5) is 0. The van der Waals surface area contributed by atoms with Gasteiger partial charge < -0.3 is 5.32 Å². The van der Waals surface area contributed by atoms with Gasteiger partial charge in [-0.15, -0.1) is 6.42 Å². The van der Waals surface area contributed by atoms with Gasteiger partial charge in [-0.25, -0.2) is 8.42 Å². The second-order valence-electron chi connectivity index (χ2n) is 2.36. The Labute approximate surface area is 68.1 Å². The normalized spacial score (nSPS) is 10.9. The molecule has 0 amide bonds. The Balaban J connectivity index is 3.24. The van der Waals surface area contributed by atoms with E-state index in [2.05, 4.69) is 11.2 Å². The van der Waals surface area contributed by atoms with Crippen LogP contribution < -0.4 is 5.32 Å². The number of hydrogen-bond donors (Lipinski definition) is 1. The lowest BCUT2D eigenvalue weighted by Crippen LogP contribution is -2.18. The van der Waals surface area contributed by atoms with Gasteiger partial charge in [-0.1, -0.05) is 5.92 Å². The van der Waals surface area contributed by atoms with E-state index in [1.807, 2.05) is 0 Å². The number of sulfone groups is 1. The summed E-state index contributed by atoms with van der Waals surface area (Å²) in [5, 5.41) is 2.91. The van der Waals surface area contributed by atoms with Crippen molar-refractivity contribution in [3.8, 4) is 12.3 Å². The molecule has 0 rings (SSSR count). The summed E-state index contributed by atoms with van der Waals surface area (Å²) in [6, 6.07) is 0. The molecule has 64 valence electrons. The summed E-state index contributed by atoms with van der Waals surface area (Å²) in [6.07, 6.45) is 6.82. The third kappa shape index (κ3) is 9.47. The summed E-state index contributed by atoms with van der Waals surface area (Å²) in [6.45, 7) is 1.17. The highest BCUT2D eigenvalue weighted by molar-refractivity contribution is 7.90. The molecule has 0 unspecified atom stereocenters. The molecule has 0 aliphatic heterocycles. The zero-order valence-electron chi connectivity index (χ0n) is 6.63. The van der Waals surface area contributed by atoms with Gasteiger partial charge in [-0.3, -0.25) is 0 Å². The van der Waals surface area contributed by atoms with Crippen molar-refractivity contribution in [2.45, 2.75) is 6.42 Å². The van der Waals surface area contributed by atoms with E-state index >= 15 is 0 Å². The minimum Gasteiger partial charge on any atom is -0.306 e. The standard InChI is InChI=1S/C7H13NO2S/c1-3-5-8-6-4-7-11(2,9)10/h1,8H,4-7H2,2H3. The van der Waals surface area contributed by atoms with Gasteiger partial charge in [-0.05, 0) is 13.0 Å². The average molecular weight is 175 g/mol. The van der Waals surface area contributed by atoms with Crippen molar-refractivity contribution in [2.24, 2.45) is 0 Å². The molecule has 11 heavy (non-hydrogen) atoms. The second-order valence-corrected chi connectivity index (χ2v) is 4.62. The first-order valence-corrected chi connectivity index (χ1v) is 5.44. The van der Waals surface area contributed by atoms with Crippen molar-refractivity contribution in [3.05, 3.63) is 0 Å². The van der Waals surface area contributed by atoms with Gasteiger partial charge in [0.05, 0.1) is 12.3 Å². The van der Waals surface area contributed by atoms with Crippen molar-refractivity contribution in [1.82, 2.24) is 5.32 Å². The summed E-state index contributed by atoms with van der Waals surface area (Å²) in [5.74, 6) is 2.63. The lowest BCUT2D eigenvalue weighted by molar-refractivity contribution is 0.597. The van der Waals surface area contributed by atoms with Crippen molar-refractivity contribution in [1.29, 1.82) is 0 Å². The molecule has 0 aromatic heterocycles. The molecule has 0 heterocycles. The third-order valence-electron chi connectivity index (χ3n) is 1.10. The minimum atomic E-state index is -2.80. The monoisotopic (exact) mass is 175 g/mol. The van der Waals surface area contributed by atoms with Gasteiger partial charge in [0.2, 0.25) is 0 Å². The van der Waals surface area contributed by atoms with Gasteiger partial charge in [0.25, 0.3) is 0 Å². The Bertz CT molecular complexity index is 225. The zero-order valence-corrected chi connectivity index (χ0v) is 7.45. The molecule has 0 bridgehead atoms. The van der Waals surface area contributed by atoms with E-state index < -0.39 is 9.84 Å². The smallest absolute Gasteiger partial charge is 0.147 e. The molecule has 0 saturated heterocycles. The van der Waals surface area contributed by atoms with Crippen LogP contribution in [0.25, 0.3) is 0 Å². The van der Waals surface area contributed by atoms with Crippen LogP contribution in [0.1, 0.15) is 6.42 Å². The minimum absolute atomic E-state index is 0.227. The van der Waals surface area contributed by atoms with Crippen LogP contribution in [0.5, 0.6) is 0 Å². The maximum Gasteiger partial charge on any atom is 0.147 e. The molecular weight excluding hydrogens is 162 g/mol. The predicted octanol–water partition coefficient (Wildman–Crippen LogP) is -0.356. The fourth-order valence-electron chi connectivity index (χ4n) is 0.620. The molecule has 0 saturated carbocycles. The number of terminal acetylenes is 1. The van der Waals surface area contributed by atoms with Crippen LogP contribution in [0, 0.1) is 12.3 Å². The summed E-state index contributed by atoms with van der Waals surface area (Å²) in [5.41, 5.74) is 0. The SMILES string of the molecule is C#CCNCCCS(C)(=O)=O. The Kier molecular flexibility index (Phi) is 4.92. The van der Waals surface area contributed by atoms with Gasteiger partial charge in [0.15, 0.2) is 0 Å². The number of nitrogens with one attached hydrogen (secondary N) is 1. The van der Waals surface area contributed by atoms with Crippen LogP contribution in [-0.2, 0) is 9.84 Å². The largest absolute Gasteiger partial charge is 0.306 e. The first-order chi connectivity index (χ1) is 5.06. The highest BCUT2D eigenvalue weighted by Gasteiger charge is 1.99. The Morgan fingerprint density at radius 1 is 1.55 bits per heavy atom. The lowest BCUT2D eigenvalue weighted by atomic mass is 10.5. The van der Waals surface area contributed by atoms with Gasteiger partial charge in [0.1, 0.15) is 9.84 Å². The molecular formula is C7H13NO2S. The third-order valence-corrected chi connectivity index (χ3v) is 2.13. The van der Waals surface area contributed by atoms with Crippen LogP contribution in [-0.4, -0.2) is 33.5 Å². The van der Waals surface area contributed by atoms with Crippen molar-refractivity contribution < 1.29 is 8.42 Å². The van der Waals surface area contributed by atoms with E-state index in [9.17, 15) is 8.42 Å². The van der Waals surface area contributed by atoms with E-state index in [4.69, 9.17) is 6.42 Å².